The number of aliphatic hydroxyl groups is 12. The summed E-state index contributed by atoms with van der Waals surface area (Å²) in [5.74, 6) is -5.21. The van der Waals surface area contributed by atoms with E-state index < -0.39 is 147 Å². The summed E-state index contributed by atoms with van der Waals surface area (Å²) >= 11 is 0. The molecule has 0 spiro atoms. The summed E-state index contributed by atoms with van der Waals surface area (Å²) in [6.07, 6.45) is -22.1. The predicted octanol–water partition coefficient (Wildman–Crippen LogP) is -1.63. The van der Waals surface area contributed by atoms with E-state index in [2.05, 4.69) is 0 Å². The molecule has 4 aliphatic heterocycles. The number of allylic oxidation sites excluding steroid dienone is 2. The Bertz CT molecular complexity index is 2960. The second kappa shape index (κ2) is 26.1. The molecule has 5 aliphatic rings. The molecule has 1 aliphatic carbocycles. The number of aliphatic hydroxyl groups excluding tert-OH is 10. The fourth-order valence-corrected chi connectivity index (χ4v) is 9.08. The molecule has 0 amide bonds. The van der Waals surface area contributed by atoms with Crippen molar-refractivity contribution < 1.29 is 138 Å². The van der Waals surface area contributed by atoms with Crippen LogP contribution in [0, 0.1) is 0 Å². The van der Waals surface area contributed by atoms with E-state index >= 15 is 0 Å². The Kier molecular flexibility index (Phi) is 19.2. The van der Waals surface area contributed by atoms with Gasteiger partial charge in [0.15, 0.2) is 53.0 Å². The molecule has 0 saturated carbocycles. The number of benzene rings is 3. The number of hydrogen-bond donors (Lipinski definition) is 14. The standard InChI is InChI=1S/C54H60O28/c1-71-32-12-22(4-8-28(32)59)5-10-39(61)74-21-38-44(66)47(69)51(82-54-50(46(68)43(65)37(20-56)79-54)81-40(62)11-6-23-13-33(72-2)41(63)34(14-23)73-3)53(80-38)77-35-18-26-30(75-49(35)24-7-9-27(58)29(60)15-24)16-25(57)17-31(26)76-52-48(70)45(67)42(64)36(19-55)78-52/h4-18,30,36-38,42-48,50-60,63-70H,19-21H2,1-3H3/p+1. The number of phenolic OH excluding ortho intramolecular Hbond substituents is 4. The number of carbonyl (C=O) groups excluding carboxylic acids is 2. The van der Waals surface area contributed by atoms with E-state index in [1.165, 1.54) is 82.0 Å². The number of esters is 2. The first-order chi connectivity index (χ1) is 39.2. The first-order valence-corrected chi connectivity index (χ1v) is 25.0. The number of methoxy groups -OCH3 is 3. The molecule has 8 rings (SSSR count). The third kappa shape index (κ3) is 13.1. The van der Waals surface area contributed by atoms with Crippen molar-refractivity contribution in [1.29, 1.82) is 0 Å². The molecule has 28 heteroatoms. The van der Waals surface area contributed by atoms with Crippen LogP contribution in [0.5, 0.6) is 40.2 Å². The third-order valence-electron chi connectivity index (χ3n) is 13.5. The first kappa shape index (κ1) is 60.4. The Hall–Kier alpha value is -7.68. The van der Waals surface area contributed by atoms with Crippen molar-refractivity contribution in [3.63, 3.8) is 0 Å². The maximum Gasteiger partial charge on any atom is 0.331 e. The van der Waals surface area contributed by atoms with Crippen LogP contribution in [0.15, 0.2) is 102 Å². The normalized spacial score (nSPS) is 31.0. The Morgan fingerprint density at radius 1 is 0.585 bits per heavy atom. The lowest BCUT2D eigenvalue weighted by molar-refractivity contribution is -0.363. The molecular formula is C54H61O28+. The second-order valence-electron chi connectivity index (χ2n) is 18.9. The third-order valence-corrected chi connectivity index (χ3v) is 13.5. The van der Waals surface area contributed by atoms with E-state index in [1.807, 2.05) is 0 Å². The predicted molar refractivity (Wildman–Crippen MR) is 274 cm³/mol. The molecule has 16 unspecified atom stereocenters. The smallest absolute Gasteiger partial charge is 0.331 e. The van der Waals surface area contributed by atoms with Gasteiger partial charge in [-0.2, -0.15) is 0 Å². The molecule has 3 aromatic rings. The SMILES string of the molecule is COc1cc(C=CC(=O)OCC2OC(OC3=C(c4ccc(O)c(O)c4)[OH+]C4C=C(O)C=C(OC5OC(CO)C(O)C(O)C5O)C4=C3)C(OC3OC(CO)C(O)C(O)C3OC(=O)C=Cc3cc(OC)c(O)c(OC)c3)C(O)C2O)ccc1O. The minimum Gasteiger partial charge on any atom is -0.571 e. The minimum absolute atomic E-state index is 0.00313. The zero-order chi connectivity index (χ0) is 59.3. The van der Waals surface area contributed by atoms with E-state index in [-0.39, 0.29) is 62.7 Å². The molecule has 16 atom stereocenters. The van der Waals surface area contributed by atoms with E-state index in [9.17, 15) is 81.1 Å². The molecule has 0 bridgehead atoms. The highest BCUT2D eigenvalue weighted by Crippen LogP contribution is 2.42. The van der Waals surface area contributed by atoms with Gasteiger partial charge in [0.2, 0.25) is 30.2 Å². The van der Waals surface area contributed by atoms with E-state index in [1.54, 1.807) is 0 Å². The summed E-state index contributed by atoms with van der Waals surface area (Å²) in [6, 6.07) is 10.4. The van der Waals surface area contributed by atoms with E-state index in [0.717, 1.165) is 30.4 Å². The first-order valence-electron chi connectivity index (χ1n) is 25.0. The van der Waals surface area contributed by atoms with Crippen LogP contribution in [0.3, 0.4) is 0 Å². The minimum atomic E-state index is -2.19. The van der Waals surface area contributed by atoms with Gasteiger partial charge in [0.05, 0.1) is 51.8 Å². The van der Waals surface area contributed by atoms with Gasteiger partial charge >= 0.3 is 17.7 Å². The summed E-state index contributed by atoms with van der Waals surface area (Å²) in [4.78, 5) is 26.7. The molecule has 3 fully saturated rings. The van der Waals surface area contributed by atoms with E-state index in [4.69, 9.17) is 56.8 Å². The molecule has 15 N–H and O–H groups in total. The Morgan fingerprint density at radius 3 is 1.83 bits per heavy atom. The average molecular weight is 1160 g/mol. The topological polar surface area (TPSA) is 432 Å². The van der Waals surface area contributed by atoms with Crippen LogP contribution in [0.1, 0.15) is 16.7 Å². The van der Waals surface area contributed by atoms with Gasteiger partial charge < -0.3 is 128 Å². The Morgan fingerprint density at radius 2 is 1.17 bits per heavy atom. The van der Waals surface area contributed by atoms with Gasteiger partial charge in [-0.1, -0.05) is 6.07 Å². The monoisotopic (exact) mass is 1160 g/mol. The maximum absolute atomic E-state index is 13.5. The number of phenols is 4. The summed E-state index contributed by atoms with van der Waals surface area (Å²) in [5, 5.41) is 151. The highest BCUT2D eigenvalue weighted by molar-refractivity contribution is 5.88. The van der Waals surface area contributed by atoms with Crippen molar-refractivity contribution in [1.82, 2.24) is 0 Å². The number of ether oxygens (including phenoxy) is 12. The highest BCUT2D eigenvalue weighted by atomic mass is 16.8. The highest BCUT2D eigenvalue weighted by Gasteiger charge is 2.54. The summed E-state index contributed by atoms with van der Waals surface area (Å²) in [6.45, 7) is -2.60. The lowest BCUT2D eigenvalue weighted by Crippen LogP contribution is -2.65. The number of hydrogen-bond acceptors (Lipinski definition) is 27. The summed E-state index contributed by atoms with van der Waals surface area (Å²) in [7, 11) is 3.87. The average Bonchev–Trinajstić information content (AvgIpc) is 3.47. The Labute approximate surface area is 464 Å². The lowest BCUT2D eigenvalue weighted by Gasteiger charge is -2.46. The quantitative estimate of drug-likeness (QED) is 0.0277. The van der Waals surface area contributed by atoms with Crippen molar-refractivity contribution in [2.45, 2.75) is 98.2 Å². The van der Waals surface area contributed by atoms with Crippen LogP contribution in [0.2, 0.25) is 0 Å². The van der Waals surface area contributed by atoms with Gasteiger partial charge in [-0.3, -0.25) is 0 Å². The zero-order valence-electron chi connectivity index (χ0n) is 43.5. The molecule has 0 aromatic heterocycles. The molecule has 82 heavy (non-hydrogen) atoms. The van der Waals surface area contributed by atoms with Crippen molar-refractivity contribution in [3.05, 3.63) is 118 Å². The van der Waals surface area contributed by atoms with Crippen LogP contribution in [-0.4, -0.2) is 228 Å². The number of fused-ring (bicyclic) bond motifs is 1. The van der Waals surface area contributed by atoms with Gasteiger partial charge in [0, 0.05) is 30.4 Å². The molecule has 28 nitrogen and oxygen atoms in total. The van der Waals surface area contributed by atoms with Gasteiger partial charge in [0.1, 0.15) is 79.2 Å². The van der Waals surface area contributed by atoms with Crippen LogP contribution in [0.25, 0.3) is 17.9 Å². The van der Waals surface area contributed by atoms with Crippen LogP contribution in [0.4, 0.5) is 0 Å². The molecule has 444 valence electrons. The van der Waals surface area contributed by atoms with Gasteiger partial charge in [-0.15, -0.1) is 0 Å². The molecular weight excluding hydrogens is 1100 g/mol. The fraction of sp³-hybridized carbons (Fsp3) is 0.407. The fourth-order valence-electron chi connectivity index (χ4n) is 9.08. The lowest BCUT2D eigenvalue weighted by atomic mass is 9.95. The summed E-state index contributed by atoms with van der Waals surface area (Å²) in [5.41, 5.74) is 0.657. The largest absolute Gasteiger partial charge is 0.571 e. The number of aromatic hydroxyl groups is 4. The van der Waals surface area contributed by atoms with Gasteiger partial charge in [-0.25, -0.2) is 9.59 Å². The van der Waals surface area contributed by atoms with Crippen molar-refractivity contribution in [2.75, 3.05) is 41.2 Å². The Balaban J connectivity index is 1.16. The molecule has 3 aromatic carbocycles. The van der Waals surface area contributed by atoms with Crippen molar-refractivity contribution in [3.8, 4) is 40.2 Å². The molecule has 3 saturated heterocycles. The van der Waals surface area contributed by atoms with Crippen molar-refractivity contribution >= 4 is 29.8 Å². The zero-order valence-corrected chi connectivity index (χ0v) is 43.5. The van der Waals surface area contributed by atoms with Crippen LogP contribution >= 0.6 is 0 Å². The maximum atomic E-state index is 13.5. The number of carbonyl (C=O) groups is 2. The van der Waals surface area contributed by atoms with E-state index in [0.29, 0.717) is 5.56 Å². The second-order valence-corrected chi connectivity index (χ2v) is 18.9. The summed E-state index contributed by atoms with van der Waals surface area (Å²) < 4.78 is 67.5. The number of rotatable bonds is 19. The van der Waals surface area contributed by atoms with Gasteiger partial charge in [0.25, 0.3) is 0 Å². The van der Waals surface area contributed by atoms with Crippen LogP contribution < -0.4 is 14.2 Å². The van der Waals surface area contributed by atoms with Crippen molar-refractivity contribution in [2.24, 2.45) is 0 Å². The van der Waals surface area contributed by atoms with Crippen LogP contribution in [-0.2, 0) is 47.5 Å². The molecule has 4 heterocycles. The molecule has 0 radical (unpaired) electrons. The van der Waals surface area contributed by atoms with Gasteiger partial charge in [-0.05, 0) is 59.7 Å².